The van der Waals surface area contributed by atoms with Crippen molar-refractivity contribution in [3.8, 4) is 16.9 Å². The van der Waals surface area contributed by atoms with Crippen LogP contribution in [0, 0.1) is 12.3 Å². The molecule has 9 rings (SSSR count). The molecule has 0 saturated heterocycles. The summed E-state index contributed by atoms with van der Waals surface area (Å²) in [6, 6.07) is 48.1. The Morgan fingerprint density at radius 3 is 1.57 bits per heavy atom. The molecule has 1 aliphatic carbocycles. The van der Waals surface area contributed by atoms with Crippen molar-refractivity contribution in [3.05, 3.63) is 238 Å². The van der Waals surface area contributed by atoms with Crippen LogP contribution in [-0.4, -0.2) is 168 Å². The third kappa shape index (κ3) is 28.5. The van der Waals surface area contributed by atoms with Gasteiger partial charge < -0.3 is 73.1 Å². The van der Waals surface area contributed by atoms with Gasteiger partial charge in [-0.25, -0.2) is 17.9 Å². The number of nitrogens with one attached hydrogen (secondary N) is 13. The Labute approximate surface area is 695 Å². The van der Waals surface area contributed by atoms with E-state index in [9.17, 15) is 42.3 Å². The van der Waals surface area contributed by atoms with Gasteiger partial charge in [-0.15, -0.1) is 0 Å². The second kappa shape index (κ2) is 46.2. The monoisotopic (exact) mass is 1950 g/mol. The number of hydrogen-bond donors (Lipinski definition) is 14. The van der Waals surface area contributed by atoms with Crippen LogP contribution in [0.1, 0.15) is 116 Å². The van der Waals surface area contributed by atoms with Gasteiger partial charge in [0.25, 0.3) is 10.0 Å². The number of carbonyl (C=O) groups excluding carboxylic acids is 9. The number of carboxylic acids is 1. The van der Waals surface area contributed by atoms with E-state index in [1.165, 1.54) is 19.1 Å². The van der Waals surface area contributed by atoms with Crippen LogP contribution in [0.3, 0.4) is 0 Å². The number of fused-ring (bicyclic) bond motifs is 4. The Hall–Kier alpha value is -12.9. The number of aryl methyl sites for hydroxylation is 1. The van der Waals surface area contributed by atoms with Crippen molar-refractivity contribution >= 4 is 102 Å². The van der Waals surface area contributed by atoms with Gasteiger partial charge in [0.1, 0.15) is 55.2 Å². The molecule has 31 heteroatoms. The minimum atomic E-state index is -4.24. The van der Waals surface area contributed by atoms with E-state index < -0.39 is 125 Å². The SMILES string of the molecule is CNCCCC[C@H](NC(=O)[C@@H](CCC(=O)O)NC(=O)CNC(=O)[C@H](Cc1ccc2ccccc2c1)NC(=O)[C@@H](CCCNC(=N)NS(=O)(=O)c1ccc(C)cc1)NC(=O)[C@H](CCCCNC)NC(=O)[C@H](Cc1ccc(OCc2ccccc2Br)cc1)NC(=O)[C@H](Cc1ccccc1)NC(=O)OCC1c2ccccc2-c2ccccc21)C(C)=O.[Fm]. The molecule has 0 aliphatic heterocycles. The van der Waals surface area contributed by atoms with Crippen LogP contribution in [0.15, 0.2) is 203 Å². The van der Waals surface area contributed by atoms with E-state index in [0.717, 1.165) is 48.6 Å². The largest absolute Gasteiger partial charge is 0.489 e. The summed E-state index contributed by atoms with van der Waals surface area (Å²) < 4.78 is 41.9. The quantitative estimate of drug-likeness (QED) is 0.00976. The first-order chi connectivity index (χ1) is 56.8. The molecule has 0 aromatic heterocycles. The van der Waals surface area contributed by atoms with E-state index in [2.05, 4.69) is 79.1 Å². The number of benzene rings is 8. The van der Waals surface area contributed by atoms with Crippen molar-refractivity contribution in [1.82, 2.24) is 63.2 Å². The molecule has 119 heavy (non-hydrogen) atoms. The fourth-order valence-corrected chi connectivity index (χ4v) is 15.1. The number of carboxylic acid groups (broad SMARTS) is 1. The summed E-state index contributed by atoms with van der Waals surface area (Å²) in [4.78, 5) is 143. The fraction of sp³-hybridized carbons (Fsp3) is 0.352. The molecule has 7 atom stereocenters. The maximum atomic E-state index is 15.5. The van der Waals surface area contributed by atoms with E-state index >= 15 is 19.2 Å². The van der Waals surface area contributed by atoms with Gasteiger partial charge in [-0.3, -0.25) is 48.6 Å². The van der Waals surface area contributed by atoms with Crippen molar-refractivity contribution < 1.29 is 70.9 Å². The molecule has 0 bridgehead atoms. The number of ketones is 1. The predicted molar refractivity (Wildman–Crippen MR) is 453 cm³/mol. The minimum Gasteiger partial charge on any atom is -0.489 e. The van der Waals surface area contributed by atoms with Gasteiger partial charge in [0.2, 0.25) is 47.3 Å². The van der Waals surface area contributed by atoms with E-state index in [1.807, 2.05) is 103 Å². The van der Waals surface area contributed by atoms with E-state index in [4.69, 9.17) is 14.9 Å². The van der Waals surface area contributed by atoms with Gasteiger partial charge in [-0.05, 0) is 179 Å². The van der Waals surface area contributed by atoms with Crippen molar-refractivity contribution in [1.29, 1.82) is 5.41 Å². The van der Waals surface area contributed by atoms with E-state index in [1.54, 1.807) is 99.9 Å². The molecule has 0 radical (unpaired) electrons. The zero-order valence-electron chi connectivity index (χ0n) is 66.8. The number of guanidine groups is 1. The van der Waals surface area contributed by atoms with Gasteiger partial charge >= 0.3 is 12.1 Å². The number of ether oxygens (including phenoxy) is 2. The standard InChI is InChI=1S/C88H104BrN13O15S.Fm/c1-56-34-42-65(43-35-56)118(114,115)102-87(90)93-48-20-33-74(83(109)99-76(52-60-36-39-61-23-8-9-24-62(61)49-60)81(107)94-53-79(104)95-75(44-45-80(105)106)84(110)96-72(57(2)103)31-16-18-46-91-3)97-82(108)73(32-17-19-47-92-4)98-85(111)77(51-59-37-40-64(41-38-59)116-54-63-25-10-15-30-71(63)89)100-86(112)78(50-58-21-6-5-7-22-58)101-88(113)117-55-70-68-28-13-11-26-66(68)67-27-12-14-29-69(67)70;/h5-15,21-30,34-43,49,70,72-78,91-92H,16-20,31-33,44-48,50-55H2,1-4H3,(H,94,107)(H,95,104)(H,96,110)(H,97,108)(H,98,111)(H,99,109)(H,100,112)(H,101,113)(H,105,106)(H3,90,93,102);/t72-,73-,74+,75+,76-,77-,78-;/m0./s1. The van der Waals surface area contributed by atoms with Crippen molar-refractivity contribution in [2.45, 2.75) is 157 Å². The van der Waals surface area contributed by atoms with E-state index in [0.29, 0.717) is 61.2 Å². The van der Waals surface area contributed by atoms with Crippen LogP contribution in [-0.2, 0) is 83.8 Å². The average molecular weight is 1950 g/mol. The topological polar surface area (TPSA) is 412 Å². The van der Waals surface area contributed by atoms with Crippen molar-refractivity contribution in [2.24, 2.45) is 0 Å². The van der Waals surface area contributed by atoms with Crippen LogP contribution in [0.5, 0.6) is 5.75 Å². The first kappa shape index (κ1) is 91.7. The summed E-state index contributed by atoms with van der Waals surface area (Å²) in [6.07, 6.45) is -0.226. The Bertz CT molecular complexity index is 4870. The number of hydrogen-bond acceptors (Lipinski definition) is 17. The van der Waals surface area contributed by atoms with Gasteiger partial charge in [0.15, 0.2) is 5.78 Å². The number of Topliss-reactive ketones (excluding diaryl/α,β-unsaturated/α-hetero) is 1. The number of sulfonamides is 1. The van der Waals surface area contributed by atoms with Crippen LogP contribution in [0.4, 0.5) is 4.79 Å². The normalized spacial score (nSPS) is 13.3. The maximum Gasteiger partial charge on any atom is 0.407 e. The van der Waals surface area contributed by atoms with Gasteiger partial charge in [-0.1, -0.05) is 185 Å². The summed E-state index contributed by atoms with van der Waals surface area (Å²) in [5.41, 5.74) is 7.41. The van der Waals surface area contributed by atoms with Crippen LogP contribution >= 0.6 is 15.9 Å². The molecule has 0 unspecified atom stereocenters. The molecule has 28 nitrogen and oxygen atoms in total. The third-order valence-corrected chi connectivity index (χ3v) is 22.3. The first-order valence-electron chi connectivity index (χ1n) is 39.5. The Balaban J connectivity index is 0.0000176. The molecule has 1 aliphatic rings. The molecule has 0 spiro atoms. The smallest absolute Gasteiger partial charge is 0.407 e. The third-order valence-electron chi connectivity index (χ3n) is 20.1. The molecule has 8 aromatic rings. The number of alkyl carbamates (subject to hydrolysis) is 1. The number of amides is 8. The first-order valence-corrected chi connectivity index (χ1v) is 41.7. The average Bonchev–Trinajstić information content (AvgIpc) is 1.61. The van der Waals surface area contributed by atoms with Crippen molar-refractivity contribution in [2.75, 3.05) is 46.9 Å². The molecule has 0 heterocycles. The molecule has 8 amide bonds. The van der Waals surface area contributed by atoms with Crippen LogP contribution in [0.25, 0.3) is 21.9 Å². The minimum absolute atomic E-state index is 0. The molecule has 0 saturated carbocycles. The number of halogens is 1. The van der Waals surface area contributed by atoms with Gasteiger partial charge in [0, 0.05) is 48.2 Å². The van der Waals surface area contributed by atoms with Gasteiger partial charge in [-0.2, -0.15) is 0 Å². The molecule has 636 valence electrons. The number of carbonyl (C=O) groups is 10. The Morgan fingerprint density at radius 1 is 0.487 bits per heavy atom. The molecular weight excluding hydrogens is 1850 g/mol. The summed E-state index contributed by atoms with van der Waals surface area (Å²) in [5.74, 6) is -8.14. The van der Waals surface area contributed by atoms with Gasteiger partial charge in [0.05, 0.1) is 17.5 Å². The van der Waals surface area contributed by atoms with E-state index in [-0.39, 0.29) is 87.7 Å². The summed E-state index contributed by atoms with van der Waals surface area (Å²) in [7, 11) is -0.713. The predicted octanol–water partition coefficient (Wildman–Crippen LogP) is 7.97. The molecule has 0 fully saturated rings. The fourth-order valence-electron chi connectivity index (χ4n) is 13.7. The summed E-state index contributed by atoms with van der Waals surface area (Å²) in [5, 5.41) is 50.6. The zero-order valence-corrected chi connectivity index (χ0v) is 71.6. The molecule has 8 aromatic carbocycles. The number of unbranched alkanes of at least 4 members (excludes halogenated alkanes) is 2. The Kier molecular flexibility index (Phi) is 35.6. The Morgan fingerprint density at radius 2 is 0.975 bits per heavy atom. The zero-order chi connectivity index (χ0) is 84.5. The van der Waals surface area contributed by atoms with Crippen LogP contribution < -0.4 is 67.9 Å². The second-order valence-corrected chi connectivity index (χ2v) is 31.6. The number of aliphatic carboxylic acids is 1. The van der Waals surface area contributed by atoms with Crippen molar-refractivity contribution in [3.63, 3.8) is 0 Å². The summed E-state index contributed by atoms with van der Waals surface area (Å²) in [6.45, 7) is 3.45. The van der Waals surface area contributed by atoms with Crippen LogP contribution in [0.2, 0.25) is 0 Å². The summed E-state index contributed by atoms with van der Waals surface area (Å²) >= 11 is 3.57. The molecule has 14 N–H and O–H groups in total. The molecular formula is C88H104BrFmN13O15S. The number of rotatable bonds is 46. The maximum absolute atomic E-state index is 15.5. The second-order valence-electron chi connectivity index (χ2n) is 29.1.